The average molecular weight is 164 g/mol. The van der Waals surface area contributed by atoms with Crippen molar-refractivity contribution in [2.75, 3.05) is 0 Å². The van der Waals surface area contributed by atoms with Crippen LogP contribution < -0.4 is 0 Å². The molecule has 0 aromatic carbocycles. The molecule has 2 aliphatic rings. The first kappa shape index (κ1) is 7.67. The molecular formula is C10H12O2. The third kappa shape index (κ3) is 1.20. The summed E-state index contributed by atoms with van der Waals surface area (Å²) in [4.78, 5) is 10.7. The Morgan fingerprint density at radius 3 is 2.08 bits per heavy atom. The van der Waals surface area contributed by atoms with E-state index >= 15 is 0 Å². The van der Waals surface area contributed by atoms with Crippen LogP contribution in [0.3, 0.4) is 0 Å². The number of carboxylic acid groups (broad SMARTS) is 1. The van der Waals surface area contributed by atoms with Crippen molar-refractivity contribution in [1.29, 1.82) is 0 Å². The molecular weight excluding hydrogens is 152 g/mol. The van der Waals surface area contributed by atoms with Gasteiger partial charge in [-0.25, -0.2) is 0 Å². The number of carbonyl (C=O) groups is 1. The van der Waals surface area contributed by atoms with Crippen LogP contribution in [0.5, 0.6) is 0 Å². The van der Waals surface area contributed by atoms with Gasteiger partial charge in [-0.1, -0.05) is 0 Å². The summed E-state index contributed by atoms with van der Waals surface area (Å²) in [5.74, 6) is 6.35. The lowest BCUT2D eigenvalue weighted by molar-refractivity contribution is -0.139. The van der Waals surface area contributed by atoms with Gasteiger partial charge in [0.2, 0.25) is 0 Å². The quantitative estimate of drug-likeness (QED) is 0.596. The fraction of sp³-hybridized carbons (Fsp3) is 0.700. The molecule has 1 saturated carbocycles. The second kappa shape index (κ2) is 2.82. The lowest BCUT2D eigenvalue weighted by Gasteiger charge is -1.96. The smallest absolute Gasteiger partial charge is 0.307 e. The van der Waals surface area contributed by atoms with Crippen molar-refractivity contribution in [3.05, 3.63) is 0 Å². The summed E-state index contributed by atoms with van der Waals surface area (Å²) in [6.07, 6.45) is 3.78. The summed E-state index contributed by atoms with van der Waals surface area (Å²) in [6, 6.07) is 0. The van der Waals surface area contributed by atoms with E-state index in [2.05, 4.69) is 11.8 Å². The van der Waals surface area contributed by atoms with Gasteiger partial charge in [0.05, 0.1) is 5.92 Å². The predicted octanol–water partition coefficient (Wildman–Crippen LogP) is 1.51. The molecule has 0 radical (unpaired) electrons. The number of hydrogen-bond acceptors (Lipinski definition) is 1. The second-order valence-electron chi connectivity index (χ2n) is 3.62. The Morgan fingerprint density at radius 1 is 1.17 bits per heavy atom. The molecule has 0 saturated heterocycles. The van der Waals surface area contributed by atoms with Crippen LogP contribution in [-0.2, 0) is 4.79 Å². The van der Waals surface area contributed by atoms with Crippen molar-refractivity contribution in [3.63, 3.8) is 0 Å². The van der Waals surface area contributed by atoms with E-state index in [4.69, 9.17) is 5.11 Å². The summed E-state index contributed by atoms with van der Waals surface area (Å²) in [5.41, 5.74) is 0. The minimum atomic E-state index is -0.605. The Hall–Kier alpha value is -0.970. The maximum absolute atomic E-state index is 10.7. The van der Waals surface area contributed by atoms with Gasteiger partial charge >= 0.3 is 5.97 Å². The maximum atomic E-state index is 10.7. The molecule has 0 spiro atoms. The van der Waals surface area contributed by atoms with Crippen LogP contribution in [0.1, 0.15) is 25.7 Å². The van der Waals surface area contributed by atoms with Crippen molar-refractivity contribution in [2.45, 2.75) is 25.7 Å². The highest BCUT2D eigenvalue weighted by Gasteiger charge is 2.53. The second-order valence-corrected chi connectivity index (χ2v) is 3.62. The predicted molar refractivity (Wildman–Crippen MR) is 44.3 cm³/mol. The summed E-state index contributed by atoms with van der Waals surface area (Å²) in [5, 5.41) is 8.83. The van der Waals surface area contributed by atoms with Crippen molar-refractivity contribution in [1.82, 2.24) is 0 Å². The van der Waals surface area contributed by atoms with E-state index in [0.29, 0.717) is 11.8 Å². The van der Waals surface area contributed by atoms with Crippen LogP contribution in [0.25, 0.3) is 0 Å². The van der Waals surface area contributed by atoms with Crippen molar-refractivity contribution in [2.24, 2.45) is 17.8 Å². The van der Waals surface area contributed by atoms with Crippen LogP contribution in [0.2, 0.25) is 0 Å². The van der Waals surface area contributed by atoms with Crippen molar-refractivity contribution < 1.29 is 9.90 Å². The molecule has 0 bridgehead atoms. The topological polar surface area (TPSA) is 37.3 Å². The molecule has 2 nitrogen and oxygen atoms in total. The van der Waals surface area contributed by atoms with Crippen LogP contribution >= 0.6 is 0 Å². The molecule has 0 aromatic rings. The number of fused-ring (bicyclic) bond motifs is 1. The van der Waals surface area contributed by atoms with Gasteiger partial charge in [0.15, 0.2) is 0 Å². The van der Waals surface area contributed by atoms with Gasteiger partial charge in [0, 0.05) is 12.8 Å². The number of rotatable bonds is 1. The highest BCUT2D eigenvalue weighted by molar-refractivity contribution is 5.74. The Balaban J connectivity index is 1.99. The fourth-order valence-corrected chi connectivity index (χ4v) is 2.25. The van der Waals surface area contributed by atoms with Gasteiger partial charge in [-0.15, -0.1) is 11.8 Å². The first-order valence-corrected chi connectivity index (χ1v) is 4.49. The highest BCUT2D eigenvalue weighted by atomic mass is 16.4. The normalized spacial score (nSPS) is 38.2. The van der Waals surface area contributed by atoms with E-state index in [1.807, 2.05) is 0 Å². The first-order valence-electron chi connectivity index (χ1n) is 4.49. The third-order valence-electron chi connectivity index (χ3n) is 2.95. The summed E-state index contributed by atoms with van der Waals surface area (Å²) in [6.45, 7) is 0. The molecule has 3 atom stereocenters. The summed E-state index contributed by atoms with van der Waals surface area (Å²) >= 11 is 0. The van der Waals surface area contributed by atoms with Crippen molar-refractivity contribution in [3.8, 4) is 11.8 Å². The Bertz CT molecular complexity index is 241. The van der Waals surface area contributed by atoms with Crippen LogP contribution in [0.4, 0.5) is 0 Å². The lowest BCUT2D eigenvalue weighted by atomic mass is 10.1. The molecule has 0 amide bonds. The number of aliphatic carboxylic acids is 1. The largest absolute Gasteiger partial charge is 0.481 e. The molecule has 0 heterocycles. The monoisotopic (exact) mass is 164 g/mol. The first-order chi connectivity index (χ1) is 5.80. The van der Waals surface area contributed by atoms with E-state index in [1.54, 1.807) is 0 Å². The summed E-state index contributed by atoms with van der Waals surface area (Å²) in [7, 11) is 0. The van der Waals surface area contributed by atoms with E-state index in [-0.39, 0.29) is 5.92 Å². The Morgan fingerprint density at radius 2 is 1.67 bits per heavy atom. The van der Waals surface area contributed by atoms with Crippen LogP contribution in [0.15, 0.2) is 0 Å². The zero-order valence-electron chi connectivity index (χ0n) is 6.92. The average Bonchev–Trinajstić information content (AvgIpc) is 2.60. The minimum Gasteiger partial charge on any atom is -0.481 e. The molecule has 1 unspecified atom stereocenters. The summed E-state index contributed by atoms with van der Waals surface area (Å²) < 4.78 is 0. The molecule has 1 N–H and O–H groups in total. The van der Waals surface area contributed by atoms with Gasteiger partial charge < -0.3 is 5.11 Å². The minimum absolute atomic E-state index is 0.0494. The highest BCUT2D eigenvalue weighted by Crippen LogP contribution is 2.52. The van der Waals surface area contributed by atoms with E-state index in [1.165, 1.54) is 0 Å². The zero-order valence-corrected chi connectivity index (χ0v) is 6.92. The molecule has 0 aromatic heterocycles. The maximum Gasteiger partial charge on any atom is 0.307 e. The fourth-order valence-electron chi connectivity index (χ4n) is 2.25. The van der Waals surface area contributed by atoms with Crippen LogP contribution in [0, 0.1) is 29.6 Å². The van der Waals surface area contributed by atoms with Gasteiger partial charge in [-0.3, -0.25) is 4.79 Å². The molecule has 2 rings (SSSR count). The Kier molecular flexibility index (Phi) is 1.80. The molecule has 2 heteroatoms. The third-order valence-corrected chi connectivity index (χ3v) is 2.95. The van der Waals surface area contributed by atoms with Crippen molar-refractivity contribution >= 4 is 5.97 Å². The molecule has 12 heavy (non-hydrogen) atoms. The SMILES string of the molecule is O=C(O)C1[C@H]2CCC#CCC[C@@H]12. The van der Waals surface area contributed by atoms with Gasteiger partial charge in [-0.2, -0.15) is 0 Å². The lowest BCUT2D eigenvalue weighted by Crippen LogP contribution is -2.00. The van der Waals surface area contributed by atoms with Gasteiger partial charge in [0.1, 0.15) is 0 Å². The standard InChI is InChI=1S/C10H12O2/c11-10(12)9-7-5-3-1-2-4-6-8(7)9/h7-9H,3-6H2,(H,11,12)/t7-,8+,9?. The number of hydrogen-bond donors (Lipinski definition) is 1. The van der Waals surface area contributed by atoms with Gasteiger partial charge in [-0.05, 0) is 24.7 Å². The molecule has 2 aliphatic carbocycles. The van der Waals surface area contributed by atoms with Gasteiger partial charge in [0.25, 0.3) is 0 Å². The number of carboxylic acids is 1. The van der Waals surface area contributed by atoms with Crippen LogP contribution in [-0.4, -0.2) is 11.1 Å². The molecule has 0 aliphatic heterocycles. The van der Waals surface area contributed by atoms with E-state index < -0.39 is 5.97 Å². The molecule has 64 valence electrons. The Labute approximate surface area is 72.0 Å². The van der Waals surface area contributed by atoms with E-state index in [9.17, 15) is 4.79 Å². The van der Waals surface area contributed by atoms with E-state index in [0.717, 1.165) is 25.7 Å². The molecule has 1 fully saturated rings. The zero-order chi connectivity index (χ0) is 8.55.